The van der Waals surface area contributed by atoms with Crippen molar-refractivity contribution in [3.8, 4) is 0 Å². The first-order valence-electron chi connectivity index (χ1n) is 6.74. The molecule has 1 atom stereocenters. The number of nitrogens with one attached hydrogen (secondary N) is 1. The first kappa shape index (κ1) is 14.0. The van der Waals surface area contributed by atoms with E-state index in [-0.39, 0.29) is 5.41 Å². The van der Waals surface area contributed by atoms with Crippen LogP contribution in [0.1, 0.15) is 53.9 Å². The monoisotopic (exact) mass is 226 g/mol. The third-order valence-corrected chi connectivity index (χ3v) is 4.34. The van der Waals surface area contributed by atoms with Crippen LogP contribution in [0.25, 0.3) is 0 Å². The summed E-state index contributed by atoms with van der Waals surface area (Å²) in [7, 11) is 0. The van der Waals surface area contributed by atoms with Gasteiger partial charge in [0.15, 0.2) is 0 Å². The van der Waals surface area contributed by atoms with Gasteiger partial charge in [-0.15, -0.1) is 0 Å². The zero-order valence-electron chi connectivity index (χ0n) is 11.8. The second kappa shape index (κ2) is 5.05. The van der Waals surface area contributed by atoms with Crippen LogP contribution in [-0.4, -0.2) is 19.1 Å². The maximum atomic E-state index is 6.14. The number of nitrogens with two attached hydrogens (primary N) is 1. The normalized spacial score (nSPS) is 21.2. The Bertz CT molecular complexity index is 211. The van der Waals surface area contributed by atoms with Gasteiger partial charge in [-0.3, -0.25) is 0 Å². The lowest BCUT2D eigenvalue weighted by Crippen LogP contribution is -2.38. The van der Waals surface area contributed by atoms with Crippen molar-refractivity contribution in [3.05, 3.63) is 0 Å². The van der Waals surface area contributed by atoms with E-state index in [9.17, 15) is 0 Å². The summed E-state index contributed by atoms with van der Waals surface area (Å²) in [6, 6.07) is 0.300. The number of hydrogen-bond acceptors (Lipinski definition) is 2. The van der Waals surface area contributed by atoms with Crippen molar-refractivity contribution in [1.82, 2.24) is 5.32 Å². The highest BCUT2D eigenvalue weighted by Crippen LogP contribution is 2.51. The molecule has 16 heavy (non-hydrogen) atoms. The van der Waals surface area contributed by atoms with Crippen LogP contribution in [-0.2, 0) is 0 Å². The fraction of sp³-hybridized carbons (Fsp3) is 1.00. The summed E-state index contributed by atoms with van der Waals surface area (Å²) in [5, 5.41) is 3.59. The molecule has 0 bridgehead atoms. The van der Waals surface area contributed by atoms with E-state index in [0.717, 1.165) is 18.9 Å². The van der Waals surface area contributed by atoms with E-state index in [1.807, 2.05) is 0 Å². The standard InChI is InChI=1S/C14H30N2/c1-11(2)14(7-8-14)10-16-9-6-12(15)13(3,4)5/h11-12,16H,6-10,15H2,1-5H3. The minimum Gasteiger partial charge on any atom is -0.327 e. The minimum absolute atomic E-state index is 0.233. The van der Waals surface area contributed by atoms with Crippen molar-refractivity contribution >= 4 is 0 Å². The molecule has 0 amide bonds. The maximum Gasteiger partial charge on any atom is 0.00997 e. The van der Waals surface area contributed by atoms with Gasteiger partial charge in [-0.2, -0.15) is 0 Å². The predicted octanol–water partition coefficient (Wildman–Crippen LogP) is 2.78. The van der Waals surface area contributed by atoms with Gasteiger partial charge in [0, 0.05) is 12.6 Å². The Labute approximate surface area is 101 Å². The van der Waals surface area contributed by atoms with Crippen molar-refractivity contribution in [1.29, 1.82) is 0 Å². The van der Waals surface area contributed by atoms with E-state index in [4.69, 9.17) is 5.73 Å². The molecule has 1 rings (SSSR count). The molecule has 1 fully saturated rings. The molecule has 0 heterocycles. The molecule has 1 saturated carbocycles. The Morgan fingerprint density at radius 3 is 2.19 bits per heavy atom. The zero-order valence-corrected chi connectivity index (χ0v) is 11.8. The Balaban J connectivity index is 2.13. The first-order valence-corrected chi connectivity index (χ1v) is 6.74. The van der Waals surface area contributed by atoms with Crippen LogP contribution < -0.4 is 11.1 Å². The summed E-state index contributed by atoms with van der Waals surface area (Å²) in [6.07, 6.45) is 3.89. The van der Waals surface area contributed by atoms with E-state index in [2.05, 4.69) is 39.9 Å². The van der Waals surface area contributed by atoms with Crippen LogP contribution in [0.3, 0.4) is 0 Å². The lowest BCUT2D eigenvalue weighted by Gasteiger charge is -2.27. The van der Waals surface area contributed by atoms with Crippen LogP contribution in [0.4, 0.5) is 0 Å². The third-order valence-electron chi connectivity index (χ3n) is 4.34. The highest BCUT2D eigenvalue weighted by molar-refractivity contribution is 4.97. The molecular formula is C14H30N2. The van der Waals surface area contributed by atoms with Crippen molar-refractivity contribution in [2.75, 3.05) is 13.1 Å². The minimum atomic E-state index is 0.233. The van der Waals surface area contributed by atoms with Crippen molar-refractivity contribution in [2.45, 2.75) is 59.9 Å². The molecule has 0 aliphatic heterocycles. The lowest BCUT2D eigenvalue weighted by atomic mass is 9.85. The first-order chi connectivity index (χ1) is 7.28. The quantitative estimate of drug-likeness (QED) is 0.684. The summed E-state index contributed by atoms with van der Waals surface area (Å²) in [5.74, 6) is 0.816. The smallest absolute Gasteiger partial charge is 0.00997 e. The van der Waals surface area contributed by atoms with Gasteiger partial charge in [-0.05, 0) is 42.6 Å². The molecule has 2 nitrogen and oxygen atoms in total. The van der Waals surface area contributed by atoms with Crippen molar-refractivity contribution in [3.63, 3.8) is 0 Å². The summed E-state index contributed by atoms with van der Waals surface area (Å²) in [5.41, 5.74) is 6.99. The van der Waals surface area contributed by atoms with Gasteiger partial charge >= 0.3 is 0 Å². The SMILES string of the molecule is CC(C)C1(CNCCC(N)C(C)(C)C)CC1. The highest BCUT2D eigenvalue weighted by atomic mass is 14.9. The van der Waals surface area contributed by atoms with E-state index in [0.29, 0.717) is 11.5 Å². The van der Waals surface area contributed by atoms with Gasteiger partial charge in [0.2, 0.25) is 0 Å². The second-order valence-corrected chi connectivity index (χ2v) is 6.96. The Morgan fingerprint density at radius 1 is 1.25 bits per heavy atom. The van der Waals surface area contributed by atoms with Crippen LogP contribution in [0.2, 0.25) is 0 Å². The predicted molar refractivity (Wildman–Crippen MR) is 71.4 cm³/mol. The Hall–Kier alpha value is -0.0800. The van der Waals surface area contributed by atoms with E-state index in [1.165, 1.54) is 19.4 Å². The molecule has 0 aromatic heterocycles. The Kier molecular flexibility index (Phi) is 4.42. The number of hydrogen-bond donors (Lipinski definition) is 2. The molecule has 1 aliphatic carbocycles. The molecule has 0 aromatic carbocycles. The summed E-state index contributed by atoms with van der Waals surface area (Å²) < 4.78 is 0. The molecule has 1 aliphatic rings. The van der Waals surface area contributed by atoms with Gasteiger partial charge in [-0.1, -0.05) is 34.6 Å². The fourth-order valence-electron chi connectivity index (χ4n) is 2.15. The molecule has 3 N–H and O–H groups in total. The lowest BCUT2D eigenvalue weighted by molar-refractivity contribution is 0.291. The van der Waals surface area contributed by atoms with Gasteiger partial charge in [0.25, 0.3) is 0 Å². The molecule has 1 unspecified atom stereocenters. The van der Waals surface area contributed by atoms with E-state index >= 15 is 0 Å². The molecule has 2 heteroatoms. The van der Waals surface area contributed by atoms with Crippen molar-refractivity contribution in [2.24, 2.45) is 22.5 Å². The topological polar surface area (TPSA) is 38.0 Å². The number of rotatable bonds is 6. The van der Waals surface area contributed by atoms with Crippen LogP contribution in [0, 0.1) is 16.7 Å². The van der Waals surface area contributed by atoms with Gasteiger partial charge in [0.05, 0.1) is 0 Å². The molecule has 0 aromatic rings. The zero-order chi connectivity index (χ0) is 12.4. The van der Waals surface area contributed by atoms with Gasteiger partial charge < -0.3 is 11.1 Å². The fourth-order valence-corrected chi connectivity index (χ4v) is 2.15. The van der Waals surface area contributed by atoms with Crippen LogP contribution in [0.5, 0.6) is 0 Å². The third kappa shape index (κ3) is 3.74. The molecular weight excluding hydrogens is 196 g/mol. The van der Waals surface area contributed by atoms with Gasteiger partial charge in [0.1, 0.15) is 0 Å². The summed E-state index contributed by atoms with van der Waals surface area (Å²) in [6.45, 7) is 13.6. The van der Waals surface area contributed by atoms with Crippen LogP contribution >= 0.6 is 0 Å². The Morgan fingerprint density at radius 2 is 1.81 bits per heavy atom. The average molecular weight is 226 g/mol. The van der Waals surface area contributed by atoms with Gasteiger partial charge in [-0.25, -0.2) is 0 Å². The molecule has 0 radical (unpaired) electrons. The van der Waals surface area contributed by atoms with E-state index < -0.39 is 0 Å². The molecule has 0 spiro atoms. The van der Waals surface area contributed by atoms with Crippen molar-refractivity contribution < 1.29 is 0 Å². The largest absolute Gasteiger partial charge is 0.327 e. The summed E-state index contributed by atoms with van der Waals surface area (Å²) >= 11 is 0. The highest BCUT2D eigenvalue weighted by Gasteiger charge is 2.44. The van der Waals surface area contributed by atoms with Crippen LogP contribution in [0.15, 0.2) is 0 Å². The average Bonchev–Trinajstić information content (AvgIpc) is 2.91. The second-order valence-electron chi connectivity index (χ2n) is 6.96. The van der Waals surface area contributed by atoms with E-state index in [1.54, 1.807) is 0 Å². The maximum absolute atomic E-state index is 6.14. The summed E-state index contributed by atoms with van der Waals surface area (Å²) in [4.78, 5) is 0. The molecule has 96 valence electrons. The molecule has 0 saturated heterocycles.